The molecule has 0 aromatic heterocycles. The molecule has 0 fully saturated rings. The minimum absolute atomic E-state index is 0.0486. The summed E-state index contributed by atoms with van der Waals surface area (Å²) in [7, 11) is 1.61. The third-order valence-electron chi connectivity index (χ3n) is 4.74. The van der Waals surface area contributed by atoms with Gasteiger partial charge < -0.3 is 24.6 Å². The maximum Gasteiger partial charge on any atom is 0.303 e. The average Bonchev–Trinajstić information content (AvgIpc) is 2.74. The molecular formula is C22H25NO6. The van der Waals surface area contributed by atoms with Gasteiger partial charge in [-0.15, -0.1) is 0 Å². The van der Waals surface area contributed by atoms with E-state index in [2.05, 4.69) is 5.32 Å². The van der Waals surface area contributed by atoms with Gasteiger partial charge in [-0.25, -0.2) is 0 Å². The first-order chi connectivity index (χ1) is 14.0. The van der Waals surface area contributed by atoms with E-state index >= 15 is 0 Å². The SMILES string of the molecule is COc1ccc2c(c1)CC(C(=O)NCc1ccc(OCCCC(=O)O)cc1)CO2. The number of carboxylic acids is 1. The van der Waals surface area contributed by atoms with Gasteiger partial charge in [0.05, 0.1) is 19.6 Å². The highest BCUT2D eigenvalue weighted by Crippen LogP contribution is 2.30. The highest BCUT2D eigenvalue weighted by Gasteiger charge is 2.26. The fourth-order valence-electron chi connectivity index (χ4n) is 3.12. The summed E-state index contributed by atoms with van der Waals surface area (Å²) in [4.78, 5) is 23.0. The van der Waals surface area contributed by atoms with E-state index in [1.54, 1.807) is 7.11 Å². The lowest BCUT2D eigenvalue weighted by atomic mass is 9.95. The van der Waals surface area contributed by atoms with E-state index in [1.165, 1.54) is 0 Å². The van der Waals surface area contributed by atoms with Gasteiger partial charge in [-0.05, 0) is 54.3 Å². The molecule has 154 valence electrons. The first-order valence-electron chi connectivity index (χ1n) is 9.56. The first kappa shape index (κ1) is 20.5. The van der Waals surface area contributed by atoms with Crippen LogP contribution in [0.15, 0.2) is 42.5 Å². The van der Waals surface area contributed by atoms with E-state index in [-0.39, 0.29) is 18.2 Å². The number of carbonyl (C=O) groups is 2. The second-order valence-electron chi connectivity index (χ2n) is 6.89. The Morgan fingerprint density at radius 3 is 2.66 bits per heavy atom. The van der Waals surface area contributed by atoms with Gasteiger partial charge in [-0.2, -0.15) is 0 Å². The van der Waals surface area contributed by atoms with Crippen molar-refractivity contribution in [3.05, 3.63) is 53.6 Å². The van der Waals surface area contributed by atoms with E-state index in [0.29, 0.717) is 38.3 Å². The zero-order chi connectivity index (χ0) is 20.6. The third kappa shape index (κ3) is 5.88. The van der Waals surface area contributed by atoms with Crippen molar-refractivity contribution in [2.45, 2.75) is 25.8 Å². The van der Waals surface area contributed by atoms with Crippen molar-refractivity contribution in [1.82, 2.24) is 5.32 Å². The molecule has 2 aromatic carbocycles. The van der Waals surface area contributed by atoms with Crippen LogP contribution in [0.3, 0.4) is 0 Å². The molecule has 2 aromatic rings. The standard InChI is InChI=1S/C22H25NO6/c1-27-19-8-9-20-16(12-19)11-17(14-29-20)22(26)23-13-15-4-6-18(7-5-15)28-10-2-3-21(24)25/h4-9,12,17H,2-3,10-11,13-14H2,1H3,(H,23,26)(H,24,25). The molecule has 0 saturated carbocycles. The molecule has 1 aliphatic rings. The molecule has 0 aliphatic carbocycles. The minimum atomic E-state index is -0.828. The molecule has 7 heteroatoms. The van der Waals surface area contributed by atoms with Crippen LogP contribution in [0.2, 0.25) is 0 Å². The molecular weight excluding hydrogens is 374 g/mol. The van der Waals surface area contributed by atoms with E-state index in [9.17, 15) is 9.59 Å². The number of fused-ring (bicyclic) bond motifs is 1. The molecule has 29 heavy (non-hydrogen) atoms. The Labute approximate surface area is 169 Å². The normalized spacial score (nSPS) is 15.0. The Balaban J connectivity index is 1.46. The molecule has 2 N–H and O–H groups in total. The van der Waals surface area contributed by atoms with Crippen LogP contribution < -0.4 is 19.5 Å². The van der Waals surface area contributed by atoms with Crippen molar-refractivity contribution >= 4 is 11.9 Å². The monoisotopic (exact) mass is 399 g/mol. The van der Waals surface area contributed by atoms with E-state index < -0.39 is 5.97 Å². The van der Waals surface area contributed by atoms with Gasteiger partial charge in [0, 0.05) is 13.0 Å². The molecule has 0 spiro atoms. The average molecular weight is 399 g/mol. The number of carboxylic acid groups (broad SMARTS) is 1. The van der Waals surface area contributed by atoms with Crippen LogP contribution in [0, 0.1) is 5.92 Å². The lowest BCUT2D eigenvalue weighted by Crippen LogP contribution is -2.37. The van der Waals surface area contributed by atoms with Crippen LogP contribution in [0.25, 0.3) is 0 Å². The highest BCUT2D eigenvalue weighted by atomic mass is 16.5. The van der Waals surface area contributed by atoms with Crippen LogP contribution in [0.4, 0.5) is 0 Å². The molecule has 3 rings (SSSR count). The van der Waals surface area contributed by atoms with Gasteiger partial charge in [-0.1, -0.05) is 12.1 Å². The number of methoxy groups -OCH3 is 1. The van der Waals surface area contributed by atoms with Crippen molar-refractivity contribution < 1.29 is 28.9 Å². The summed E-state index contributed by atoms with van der Waals surface area (Å²) < 4.78 is 16.5. The molecule has 0 radical (unpaired) electrons. The molecule has 0 saturated heterocycles. The quantitative estimate of drug-likeness (QED) is 0.630. The molecule has 7 nitrogen and oxygen atoms in total. The Bertz CT molecular complexity index is 849. The van der Waals surface area contributed by atoms with Crippen LogP contribution in [0.1, 0.15) is 24.0 Å². The van der Waals surface area contributed by atoms with Crippen LogP contribution in [-0.2, 0) is 22.6 Å². The first-order valence-corrected chi connectivity index (χ1v) is 9.56. The van der Waals surface area contributed by atoms with Crippen molar-refractivity contribution in [3.8, 4) is 17.2 Å². The second kappa shape index (κ2) is 9.82. The molecule has 1 atom stereocenters. The van der Waals surface area contributed by atoms with Crippen LogP contribution in [-0.4, -0.2) is 37.3 Å². The highest BCUT2D eigenvalue weighted by molar-refractivity contribution is 5.79. The summed E-state index contributed by atoms with van der Waals surface area (Å²) in [6.07, 6.45) is 1.17. The summed E-state index contributed by atoms with van der Waals surface area (Å²) in [5.41, 5.74) is 1.93. The second-order valence-corrected chi connectivity index (χ2v) is 6.89. The molecule has 1 heterocycles. The number of hydrogen-bond donors (Lipinski definition) is 2. The van der Waals surface area contributed by atoms with Gasteiger partial charge in [0.15, 0.2) is 0 Å². The number of carbonyl (C=O) groups excluding carboxylic acids is 1. The summed E-state index contributed by atoms with van der Waals surface area (Å²) in [5.74, 6) is 1.11. The summed E-state index contributed by atoms with van der Waals surface area (Å²) in [6, 6.07) is 13.0. The number of hydrogen-bond acceptors (Lipinski definition) is 5. The van der Waals surface area contributed by atoms with Crippen LogP contribution >= 0.6 is 0 Å². The van der Waals surface area contributed by atoms with Gasteiger partial charge in [0.25, 0.3) is 0 Å². The predicted molar refractivity (Wildman–Crippen MR) is 106 cm³/mol. The Kier molecular flexibility index (Phi) is 6.94. The third-order valence-corrected chi connectivity index (χ3v) is 4.74. The fourth-order valence-corrected chi connectivity index (χ4v) is 3.12. The molecule has 1 amide bonds. The summed E-state index contributed by atoms with van der Waals surface area (Å²) in [6.45, 7) is 1.13. The Morgan fingerprint density at radius 1 is 1.17 bits per heavy atom. The minimum Gasteiger partial charge on any atom is -0.497 e. The molecule has 0 bridgehead atoms. The number of ether oxygens (including phenoxy) is 3. The van der Waals surface area contributed by atoms with Crippen LogP contribution in [0.5, 0.6) is 17.2 Å². The Hall–Kier alpha value is -3.22. The topological polar surface area (TPSA) is 94.1 Å². The van der Waals surface area contributed by atoms with Gasteiger partial charge in [0.1, 0.15) is 23.9 Å². The zero-order valence-electron chi connectivity index (χ0n) is 16.3. The van der Waals surface area contributed by atoms with Crippen molar-refractivity contribution in [2.24, 2.45) is 5.92 Å². The van der Waals surface area contributed by atoms with Crippen molar-refractivity contribution in [1.29, 1.82) is 0 Å². The number of aliphatic carboxylic acids is 1. The number of benzene rings is 2. The number of nitrogens with one attached hydrogen (secondary N) is 1. The lowest BCUT2D eigenvalue weighted by Gasteiger charge is -2.25. The largest absolute Gasteiger partial charge is 0.497 e. The van der Waals surface area contributed by atoms with E-state index in [4.69, 9.17) is 19.3 Å². The zero-order valence-corrected chi connectivity index (χ0v) is 16.3. The number of rotatable bonds is 9. The fraction of sp³-hybridized carbons (Fsp3) is 0.364. The van der Waals surface area contributed by atoms with E-state index in [1.807, 2.05) is 42.5 Å². The predicted octanol–water partition coefficient (Wildman–Crippen LogP) is 2.81. The maximum absolute atomic E-state index is 12.5. The van der Waals surface area contributed by atoms with Crippen molar-refractivity contribution in [3.63, 3.8) is 0 Å². The van der Waals surface area contributed by atoms with E-state index in [0.717, 1.165) is 22.6 Å². The molecule has 1 aliphatic heterocycles. The smallest absolute Gasteiger partial charge is 0.303 e. The summed E-state index contributed by atoms with van der Waals surface area (Å²) >= 11 is 0. The van der Waals surface area contributed by atoms with Gasteiger partial charge in [0.2, 0.25) is 5.91 Å². The van der Waals surface area contributed by atoms with Gasteiger partial charge >= 0.3 is 5.97 Å². The van der Waals surface area contributed by atoms with Crippen molar-refractivity contribution in [2.75, 3.05) is 20.3 Å². The summed E-state index contributed by atoms with van der Waals surface area (Å²) in [5, 5.41) is 11.6. The Morgan fingerprint density at radius 2 is 1.93 bits per heavy atom. The molecule has 1 unspecified atom stereocenters. The lowest BCUT2D eigenvalue weighted by molar-refractivity contribution is -0.137. The number of amides is 1. The van der Waals surface area contributed by atoms with Gasteiger partial charge in [-0.3, -0.25) is 9.59 Å². The maximum atomic E-state index is 12.5.